The highest BCUT2D eigenvalue weighted by atomic mass is 32.1. The summed E-state index contributed by atoms with van der Waals surface area (Å²) in [5, 5.41) is 0.508. The SMILES string of the molecule is FC(F)(F)c1cnc(N2CCN3CCCC3C2)s1. The van der Waals surface area contributed by atoms with Crippen LogP contribution >= 0.6 is 11.3 Å². The molecule has 2 aliphatic rings. The number of nitrogens with zero attached hydrogens (tertiary/aromatic N) is 3. The van der Waals surface area contributed by atoms with E-state index in [0.717, 1.165) is 50.1 Å². The lowest BCUT2D eigenvalue weighted by Crippen LogP contribution is -2.50. The molecular formula is C11H14F3N3S. The van der Waals surface area contributed by atoms with Gasteiger partial charge in [0.25, 0.3) is 0 Å². The second-order valence-corrected chi connectivity index (χ2v) is 5.79. The number of piperazine rings is 1. The second-order valence-electron chi connectivity index (χ2n) is 4.78. The zero-order valence-electron chi connectivity index (χ0n) is 9.78. The first-order chi connectivity index (χ1) is 8.54. The van der Waals surface area contributed by atoms with Gasteiger partial charge in [-0.25, -0.2) is 4.98 Å². The fraction of sp³-hybridized carbons (Fsp3) is 0.727. The number of halogens is 3. The molecule has 0 aliphatic carbocycles. The summed E-state index contributed by atoms with van der Waals surface area (Å²) in [5.41, 5.74) is 0. The van der Waals surface area contributed by atoms with Crippen molar-refractivity contribution in [2.75, 3.05) is 31.1 Å². The third kappa shape index (κ3) is 2.21. The van der Waals surface area contributed by atoms with Gasteiger partial charge in [0.15, 0.2) is 5.13 Å². The predicted molar refractivity (Wildman–Crippen MR) is 63.9 cm³/mol. The highest BCUT2D eigenvalue weighted by molar-refractivity contribution is 7.15. The molecule has 2 fully saturated rings. The maximum absolute atomic E-state index is 12.5. The minimum absolute atomic E-state index is 0.497. The number of rotatable bonds is 1. The van der Waals surface area contributed by atoms with Crippen LogP contribution in [0.15, 0.2) is 6.20 Å². The number of hydrogen-bond donors (Lipinski definition) is 0. The van der Waals surface area contributed by atoms with Crippen LogP contribution in [0.1, 0.15) is 17.7 Å². The van der Waals surface area contributed by atoms with Gasteiger partial charge in [-0.05, 0) is 19.4 Å². The van der Waals surface area contributed by atoms with Gasteiger partial charge in [0.1, 0.15) is 4.88 Å². The standard InChI is InChI=1S/C11H14F3N3S/c12-11(13,14)9-6-15-10(18-9)17-5-4-16-3-1-2-8(16)7-17/h6,8H,1-5,7H2. The Morgan fingerprint density at radius 3 is 2.83 bits per heavy atom. The normalized spacial score (nSPS) is 25.5. The molecule has 1 atom stereocenters. The first kappa shape index (κ1) is 12.2. The molecule has 0 radical (unpaired) electrons. The molecule has 18 heavy (non-hydrogen) atoms. The molecule has 0 spiro atoms. The molecule has 0 N–H and O–H groups in total. The number of alkyl halides is 3. The van der Waals surface area contributed by atoms with E-state index in [0.29, 0.717) is 11.2 Å². The highest BCUT2D eigenvalue weighted by Gasteiger charge is 2.36. The number of thiazole rings is 1. The second kappa shape index (κ2) is 4.38. The molecule has 1 unspecified atom stereocenters. The summed E-state index contributed by atoms with van der Waals surface area (Å²) < 4.78 is 37.6. The fourth-order valence-electron chi connectivity index (χ4n) is 2.71. The van der Waals surface area contributed by atoms with E-state index in [4.69, 9.17) is 0 Å². The summed E-state index contributed by atoms with van der Waals surface area (Å²) in [4.78, 5) is 7.74. The Morgan fingerprint density at radius 1 is 1.28 bits per heavy atom. The van der Waals surface area contributed by atoms with Crippen LogP contribution < -0.4 is 4.90 Å². The zero-order valence-corrected chi connectivity index (χ0v) is 10.6. The first-order valence-electron chi connectivity index (χ1n) is 6.06. The lowest BCUT2D eigenvalue weighted by molar-refractivity contribution is -0.134. The number of hydrogen-bond acceptors (Lipinski definition) is 4. The Bertz CT molecular complexity index is 431. The molecule has 0 amide bonds. The average molecular weight is 277 g/mol. The maximum Gasteiger partial charge on any atom is 0.427 e. The van der Waals surface area contributed by atoms with Crippen LogP contribution in [-0.4, -0.2) is 42.1 Å². The van der Waals surface area contributed by atoms with Crippen LogP contribution in [-0.2, 0) is 6.18 Å². The molecule has 100 valence electrons. The van der Waals surface area contributed by atoms with Gasteiger partial charge in [-0.1, -0.05) is 11.3 Å². The van der Waals surface area contributed by atoms with Gasteiger partial charge >= 0.3 is 6.18 Å². The Labute approximate surface area is 107 Å². The van der Waals surface area contributed by atoms with Gasteiger partial charge in [-0.15, -0.1) is 0 Å². The third-order valence-corrected chi connectivity index (χ3v) is 4.73. The minimum Gasteiger partial charge on any atom is -0.345 e. The lowest BCUT2D eigenvalue weighted by Gasteiger charge is -2.37. The minimum atomic E-state index is -4.27. The Hall–Kier alpha value is -0.820. The fourth-order valence-corrected chi connectivity index (χ4v) is 3.53. The van der Waals surface area contributed by atoms with E-state index in [-0.39, 0.29) is 0 Å². The zero-order chi connectivity index (χ0) is 12.8. The van der Waals surface area contributed by atoms with Crippen molar-refractivity contribution in [1.29, 1.82) is 0 Å². The molecule has 0 bridgehead atoms. The molecule has 3 rings (SSSR count). The van der Waals surface area contributed by atoms with Crippen LogP contribution in [0.5, 0.6) is 0 Å². The van der Waals surface area contributed by atoms with E-state index in [1.807, 2.05) is 4.90 Å². The van der Waals surface area contributed by atoms with Gasteiger partial charge in [-0.3, -0.25) is 4.90 Å². The van der Waals surface area contributed by atoms with Crippen LogP contribution in [0, 0.1) is 0 Å². The molecule has 0 aromatic carbocycles. The van der Waals surface area contributed by atoms with Crippen LogP contribution in [0.25, 0.3) is 0 Å². The van der Waals surface area contributed by atoms with E-state index in [2.05, 4.69) is 9.88 Å². The molecule has 2 aliphatic heterocycles. The van der Waals surface area contributed by atoms with Crippen molar-refractivity contribution in [3.05, 3.63) is 11.1 Å². The summed E-state index contributed by atoms with van der Waals surface area (Å²) in [6.45, 7) is 3.65. The van der Waals surface area contributed by atoms with Crippen LogP contribution in [0.3, 0.4) is 0 Å². The molecule has 0 saturated carbocycles. The Morgan fingerprint density at radius 2 is 2.11 bits per heavy atom. The number of anilines is 1. The molecular weight excluding hydrogens is 263 g/mol. The molecule has 1 aromatic heterocycles. The quantitative estimate of drug-likeness (QED) is 0.786. The maximum atomic E-state index is 12.5. The van der Waals surface area contributed by atoms with Crippen molar-refractivity contribution < 1.29 is 13.2 Å². The summed E-state index contributed by atoms with van der Waals surface area (Å²) in [7, 11) is 0. The monoisotopic (exact) mass is 277 g/mol. The van der Waals surface area contributed by atoms with E-state index >= 15 is 0 Å². The van der Waals surface area contributed by atoms with Gasteiger partial charge in [0.2, 0.25) is 0 Å². The van der Waals surface area contributed by atoms with Gasteiger partial charge in [0, 0.05) is 25.7 Å². The molecule has 3 nitrogen and oxygen atoms in total. The third-order valence-electron chi connectivity index (χ3n) is 3.63. The van der Waals surface area contributed by atoms with E-state index in [9.17, 15) is 13.2 Å². The first-order valence-corrected chi connectivity index (χ1v) is 6.88. The Balaban J connectivity index is 1.73. The molecule has 2 saturated heterocycles. The summed E-state index contributed by atoms with van der Waals surface area (Å²) in [6, 6.07) is 0.497. The topological polar surface area (TPSA) is 19.4 Å². The molecule has 7 heteroatoms. The largest absolute Gasteiger partial charge is 0.427 e. The summed E-state index contributed by atoms with van der Waals surface area (Å²) >= 11 is 0.752. The van der Waals surface area contributed by atoms with Crippen molar-refractivity contribution in [1.82, 2.24) is 9.88 Å². The lowest BCUT2D eigenvalue weighted by atomic mass is 10.2. The van der Waals surface area contributed by atoms with Crippen LogP contribution in [0.2, 0.25) is 0 Å². The van der Waals surface area contributed by atoms with Crippen molar-refractivity contribution >= 4 is 16.5 Å². The number of fused-ring (bicyclic) bond motifs is 1. The predicted octanol–water partition coefficient (Wildman–Crippen LogP) is 2.45. The van der Waals surface area contributed by atoms with Crippen molar-refractivity contribution in [3.63, 3.8) is 0 Å². The van der Waals surface area contributed by atoms with Crippen molar-refractivity contribution in [3.8, 4) is 0 Å². The van der Waals surface area contributed by atoms with E-state index < -0.39 is 11.1 Å². The highest BCUT2D eigenvalue weighted by Crippen LogP contribution is 2.37. The van der Waals surface area contributed by atoms with Gasteiger partial charge in [0.05, 0.1) is 6.20 Å². The van der Waals surface area contributed by atoms with Gasteiger partial charge < -0.3 is 4.90 Å². The Kier molecular flexibility index (Phi) is 2.97. The number of aromatic nitrogens is 1. The van der Waals surface area contributed by atoms with Crippen molar-refractivity contribution in [2.45, 2.75) is 25.1 Å². The van der Waals surface area contributed by atoms with Crippen molar-refractivity contribution in [2.24, 2.45) is 0 Å². The molecule has 3 heterocycles. The van der Waals surface area contributed by atoms with E-state index in [1.165, 1.54) is 6.42 Å². The summed E-state index contributed by atoms with van der Waals surface area (Å²) in [6.07, 6.45) is -0.982. The average Bonchev–Trinajstić information content (AvgIpc) is 2.96. The summed E-state index contributed by atoms with van der Waals surface area (Å²) in [5.74, 6) is 0. The smallest absolute Gasteiger partial charge is 0.345 e. The van der Waals surface area contributed by atoms with Crippen LogP contribution in [0.4, 0.5) is 18.3 Å². The molecule has 1 aromatic rings. The van der Waals surface area contributed by atoms with E-state index in [1.54, 1.807) is 0 Å². The van der Waals surface area contributed by atoms with Gasteiger partial charge in [-0.2, -0.15) is 13.2 Å².